The number of rotatable bonds is 14. The van der Waals surface area contributed by atoms with Crippen molar-refractivity contribution in [1.29, 1.82) is 0 Å². The number of phosphoric ester groups is 1. The molecule has 0 amide bonds. The Labute approximate surface area is 275 Å². The molecule has 2 fully saturated rings. The predicted octanol–water partition coefficient (Wildman–Crippen LogP) is -1.06. The topological polar surface area (TPSA) is 304 Å². The number of aliphatic hydroxyl groups is 2. The molecule has 3 rings (SSSR count). The Balaban J connectivity index is 1.82. The van der Waals surface area contributed by atoms with Crippen LogP contribution in [0.3, 0.4) is 0 Å². The number of phosphoric acid groups is 1. The third-order valence-electron chi connectivity index (χ3n) is 6.45. The second-order valence-electron chi connectivity index (χ2n) is 10.2. The van der Waals surface area contributed by atoms with E-state index >= 15 is 4.39 Å². The van der Waals surface area contributed by atoms with Gasteiger partial charge in [0.2, 0.25) is 6.29 Å². The number of carbonyl (C=O) groups excluding carboxylic acids is 4. The molecule has 7 N–H and O–H groups in total. The van der Waals surface area contributed by atoms with Crippen LogP contribution in [0.5, 0.6) is 0 Å². The molecular weight excluding hydrogens is 719 g/mol. The summed E-state index contributed by atoms with van der Waals surface area (Å²) in [7, 11) is -5.69. The summed E-state index contributed by atoms with van der Waals surface area (Å²) in [6.07, 6.45) is -17.2. The number of alkyl halides is 1. The number of hydrogen-bond donors (Lipinski definition) is 6. The molecular formula is C23H34FN3O18P2S. The van der Waals surface area contributed by atoms with E-state index in [1.165, 1.54) is 6.20 Å². The molecule has 2 aliphatic rings. The molecule has 21 nitrogen and oxygen atoms in total. The van der Waals surface area contributed by atoms with E-state index in [9.17, 15) is 43.7 Å². The van der Waals surface area contributed by atoms with Gasteiger partial charge in [0, 0.05) is 33.3 Å². The van der Waals surface area contributed by atoms with Gasteiger partial charge in [0.25, 0.3) is 0 Å². The highest BCUT2D eigenvalue weighted by Crippen LogP contribution is 2.62. The molecule has 0 aliphatic carbocycles. The van der Waals surface area contributed by atoms with Crippen molar-refractivity contribution in [1.82, 2.24) is 10.2 Å². The van der Waals surface area contributed by atoms with Crippen molar-refractivity contribution in [2.24, 2.45) is 0 Å². The van der Waals surface area contributed by atoms with Crippen molar-refractivity contribution in [2.75, 3.05) is 18.9 Å². The van der Waals surface area contributed by atoms with E-state index in [2.05, 4.69) is 19.2 Å². The maximum absolute atomic E-state index is 15.4. The van der Waals surface area contributed by atoms with Crippen LogP contribution in [-0.2, 0) is 77.3 Å². The van der Waals surface area contributed by atoms with Crippen LogP contribution in [-0.4, -0.2) is 122 Å². The van der Waals surface area contributed by atoms with E-state index in [1.54, 1.807) is 0 Å². The Hall–Kier alpha value is -2.66. The highest BCUT2D eigenvalue weighted by Gasteiger charge is 2.57. The molecule has 2 aliphatic heterocycles. The summed E-state index contributed by atoms with van der Waals surface area (Å²) in [6.45, 7) is -3.02. The summed E-state index contributed by atoms with van der Waals surface area (Å²) in [5, 5.41) is 26.9. The van der Waals surface area contributed by atoms with Gasteiger partial charge < -0.3 is 58.7 Å². The van der Waals surface area contributed by atoms with Crippen molar-refractivity contribution in [3.05, 3.63) is 11.8 Å². The normalized spacial score (nSPS) is 31.9. The van der Waals surface area contributed by atoms with Crippen LogP contribution in [0.1, 0.15) is 39.4 Å². The average Bonchev–Trinajstić information content (AvgIpc) is 3.49. The van der Waals surface area contributed by atoms with Gasteiger partial charge in [-0.3, -0.25) is 28.8 Å². The first-order chi connectivity index (χ1) is 22.2. The van der Waals surface area contributed by atoms with Gasteiger partial charge in [0.05, 0.1) is 12.8 Å². The molecule has 12 atom stereocenters. The molecule has 0 bridgehead atoms. The van der Waals surface area contributed by atoms with Gasteiger partial charge in [0.1, 0.15) is 42.9 Å². The van der Waals surface area contributed by atoms with Crippen molar-refractivity contribution in [3.63, 3.8) is 0 Å². The summed E-state index contributed by atoms with van der Waals surface area (Å²) < 4.78 is 73.9. The minimum Gasteiger partial charge on any atom is -0.463 e. The van der Waals surface area contributed by atoms with E-state index < -0.39 is 113 Å². The SMILES string of the molecule is CC(=O)OC[C@H](F)[C@H]1O[C@@H](OP(=O)(O)OP(O)(=S)OC[C@H]2O[C@@H](c3cn[nH]c3N)[C@H](O)[C@@H]2O)[C@@H](OC(C)=O)[C@@H](OC(C)=O)[C@@H]1OC(C)=O. The molecule has 0 aromatic carbocycles. The highest BCUT2D eigenvalue weighted by atomic mass is 32.5. The fourth-order valence-electron chi connectivity index (χ4n) is 4.62. The van der Waals surface area contributed by atoms with Crippen molar-refractivity contribution in [2.45, 2.75) is 89.0 Å². The molecule has 272 valence electrons. The minimum atomic E-state index is -5.69. The second kappa shape index (κ2) is 16.4. The molecule has 1 aromatic rings. The predicted molar refractivity (Wildman–Crippen MR) is 154 cm³/mol. The van der Waals surface area contributed by atoms with E-state index in [4.69, 9.17) is 50.3 Å². The van der Waals surface area contributed by atoms with E-state index in [0.29, 0.717) is 0 Å². The summed E-state index contributed by atoms with van der Waals surface area (Å²) in [5.41, 5.74) is 5.91. The minimum absolute atomic E-state index is 0.0293. The Morgan fingerprint density at radius 1 is 1.00 bits per heavy atom. The number of anilines is 1. The number of halogens is 1. The third-order valence-corrected chi connectivity index (χ3v) is 9.97. The molecule has 1 aromatic heterocycles. The lowest BCUT2D eigenvalue weighted by molar-refractivity contribution is -0.296. The molecule has 0 spiro atoms. The van der Waals surface area contributed by atoms with Crippen LogP contribution in [0, 0.1) is 0 Å². The number of carbonyl (C=O) groups is 4. The van der Waals surface area contributed by atoms with Crippen molar-refractivity contribution >= 4 is 56.0 Å². The second-order valence-corrected chi connectivity index (χ2v) is 14.6. The number of esters is 4. The van der Waals surface area contributed by atoms with E-state index in [0.717, 1.165) is 27.7 Å². The monoisotopic (exact) mass is 753 g/mol. The number of nitrogens with two attached hydrogens (primary N) is 1. The number of nitrogen functional groups attached to an aromatic ring is 1. The van der Waals surface area contributed by atoms with E-state index in [1.807, 2.05) is 0 Å². The van der Waals surface area contributed by atoms with Crippen LogP contribution in [0.4, 0.5) is 10.2 Å². The first kappa shape index (κ1) is 39.8. The number of aromatic amines is 1. The van der Waals surface area contributed by atoms with Crippen LogP contribution >= 0.6 is 14.5 Å². The van der Waals surface area contributed by atoms with Gasteiger partial charge in [-0.2, -0.15) is 5.10 Å². The van der Waals surface area contributed by atoms with Gasteiger partial charge in [0.15, 0.2) is 24.5 Å². The third kappa shape index (κ3) is 10.7. The fourth-order valence-corrected chi connectivity index (χ4v) is 7.71. The lowest BCUT2D eigenvalue weighted by Crippen LogP contribution is -2.64. The Kier molecular flexibility index (Phi) is 13.6. The Bertz CT molecular complexity index is 1440. The summed E-state index contributed by atoms with van der Waals surface area (Å²) in [5.74, 6) is -4.13. The zero-order chi connectivity index (χ0) is 36.1. The lowest BCUT2D eigenvalue weighted by Gasteiger charge is -2.44. The Morgan fingerprint density at radius 2 is 1.58 bits per heavy atom. The maximum Gasteiger partial charge on any atom is 0.481 e. The van der Waals surface area contributed by atoms with Crippen molar-refractivity contribution < 1.29 is 89.9 Å². The summed E-state index contributed by atoms with van der Waals surface area (Å²) >= 11 is 4.78. The number of aliphatic hydroxyl groups excluding tert-OH is 2. The summed E-state index contributed by atoms with van der Waals surface area (Å²) in [4.78, 5) is 68.2. The number of hydrogen-bond acceptors (Lipinski definition) is 19. The van der Waals surface area contributed by atoms with Crippen LogP contribution in [0.25, 0.3) is 0 Å². The van der Waals surface area contributed by atoms with Crippen LogP contribution < -0.4 is 5.73 Å². The maximum atomic E-state index is 15.4. The lowest BCUT2D eigenvalue weighted by atomic mass is 9.95. The molecule has 2 saturated heterocycles. The number of H-pyrrole nitrogens is 1. The molecule has 0 saturated carbocycles. The fraction of sp³-hybridized carbons (Fsp3) is 0.696. The van der Waals surface area contributed by atoms with Gasteiger partial charge >= 0.3 is 38.4 Å². The molecule has 0 radical (unpaired) electrons. The average molecular weight is 754 g/mol. The van der Waals surface area contributed by atoms with Gasteiger partial charge in [-0.05, 0) is 11.8 Å². The van der Waals surface area contributed by atoms with Gasteiger partial charge in [-0.1, -0.05) is 0 Å². The van der Waals surface area contributed by atoms with Crippen LogP contribution in [0.2, 0.25) is 0 Å². The first-order valence-electron chi connectivity index (χ1n) is 13.7. The molecule has 48 heavy (non-hydrogen) atoms. The smallest absolute Gasteiger partial charge is 0.463 e. The zero-order valence-electron chi connectivity index (χ0n) is 25.5. The molecule has 25 heteroatoms. The van der Waals surface area contributed by atoms with Gasteiger partial charge in [-0.15, -0.1) is 0 Å². The van der Waals surface area contributed by atoms with Crippen LogP contribution in [0.15, 0.2) is 6.20 Å². The number of nitrogens with one attached hydrogen (secondary N) is 1. The van der Waals surface area contributed by atoms with Crippen molar-refractivity contribution in [3.8, 4) is 0 Å². The van der Waals surface area contributed by atoms with E-state index in [-0.39, 0.29) is 11.4 Å². The number of ether oxygens (including phenoxy) is 6. The van der Waals surface area contributed by atoms with Gasteiger partial charge in [-0.25, -0.2) is 13.3 Å². The number of aromatic nitrogens is 2. The molecule has 2 unspecified atom stereocenters. The summed E-state index contributed by atoms with van der Waals surface area (Å²) in [6, 6.07) is 0. The molecule has 3 heterocycles. The quantitative estimate of drug-likeness (QED) is 0.0749. The number of nitrogens with zero attached hydrogens (tertiary/aromatic N) is 1. The Morgan fingerprint density at radius 3 is 2.12 bits per heavy atom. The largest absolute Gasteiger partial charge is 0.481 e. The highest BCUT2D eigenvalue weighted by molar-refractivity contribution is 8.08. The first-order valence-corrected chi connectivity index (χ1v) is 17.7. The zero-order valence-corrected chi connectivity index (χ0v) is 28.1. The standard InChI is InChI=1S/C23H34FN3O18P2S/c1-8(28)37-6-13(24)18-19(39-9(2)29)20(40-10(3)30)21(41-11(4)31)23(43-18)44-46(34,35)45-47(36,48)38-7-14-15(32)16(33)17(42-14)12-5-26-27-22(12)25/h5,13-21,23,32-33H,6-7H2,1-4H3,(H,34,35)(H,36,48)(H3,25,26,27)/t13-,14+,15+,16+,17-,18+,19+,20-,21-,23-,47?/m0/s1.